The fraction of sp³-hybridized carbons (Fsp3) is 0.379. The molecule has 1 N–H and O–H groups in total. The van der Waals surface area contributed by atoms with E-state index in [1.165, 1.54) is 37.4 Å². The largest absolute Gasteiger partial charge is 0.494 e. The summed E-state index contributed by atoms with van der Waals surface area (Å²) in [4.78, 5) is 27.2. The van der Waals surface area contributed by atoms with Gasteiger partial charge in [0.1, 0.15) is 29.4 Å². The number of carbonyl (C=O) groups excluding carboxylic acids is 1. The molecular formula is C29H31FN4O8S. The van der Waals surface area contributed by atoms with Gasteiger partial charge in [-0.3, -0.25) is 8.98 Å². The molecule has 14 heteroatoms. The number of aromatic nitrogens is 2. The van der Waals surface area contributed by atoms with Crippen LogP contribution in [0.2, 0.25) is 0 Å². The average molecular weight is 615 g/mol. The van der Waals surface area contributed by atoms with E-state index in [9.17, 15) is 17.6 Å². The Labute approximate surface area is 248 Å². The maximum atomic E-state index is 13.7. The van der Waals surface area contributed by atoms with Crippen LogP contribution < -0.4 is 10.1 Å². The van der Waals surface area contributed by atoms with Crippen LogP contribution >= 0.6 is 0 Å². The van der Waals surface area contributed by atoms with Crippen molar-refractivity contribution >= 4 is 21.7 Å². The van der Waals surface area contributed by atoms with Gasteiger partial charge in [-0.2, -0.15) is 8.42 Å². The van der Waals surface area contributed by atoms with E-state index in [4.69, 9.17) is 23.2 Å². The minimum Gasteiger partial charge on any atom is -0.494 e. The summed E-state index contributed by atoms with van der Waals surface area (Å²) < 4.78 is 60.4. The number of benzene rings is 2. The van der Waals surface area contributed by atoms with Crippen LogP contribution in [0.3, 0.4) is 0 Å². The lowest BCUT2D eigenvalue weighted by Gasteiger charge is -2.31. The predicted molar refractivity (Wildman–Crippen MR) is 151 cm³/mol. The second-order valence-electron chi connectivity index (χ2n) is 10.1. The first-order valence-electron chi connectivity index (χ1n) is 13.5. The number of halogens is 1. The van der Waals surface area contributed by atoms with Gasteiger partial charge in [-0.15, -0.1) is 0 Å². The Bertz CT molecular complexity index is 1610. The Hall–Kier alpha value is -3.98. The summed E-state index contributed by atoms with van der Waals surface area (Å²) in [5.41, 5.74) is 2.70. The number of aryl methyl sites for hydroxylation is 2. The summed E-state index contributed by atoms with van der Waals surface area (Å²) in [6.45, 7) is 3.75. The first-order chi connectivity index (χ1) is 20.6. The van der Waals surface area contributed by atoms with Gasteiger partial charge in [-0.25, -0.2) is 14.4 Å². The Morgan fingerprint density at radius 2 is 1.84 bits per heavy atom. The van der Waals surface area contributed by atoms with Gasteiger partial charge in [0.05, 0.1) is 37.5 Å². The smallest absolute Gasteiger partial charge is 0.297 e. The quantitative estimate of drug-likeness (QED) is 0.338. The molecule has 0 saturated carbocycles. The van der Waals surface area contributed by atoms with Crippen LogP contribution in [0.15, 0.2) is 58.6 Å². The normalized spacial score (nSPS) is 20.3. The summed E-state index contributed by atoms with van der Waals surface area (Å²) in [6, 6.07) is 12.3. The van der Waals surface area contributed by atoms with E-state index in [-0.39, 0.29) is 42.7 Å². The van der Waals surface area contributed by atoms with Crippen LogP contribution in [-0.2, 0) is 35.2 Å². The fourth-order valence-electron chi connectivity index (χ4n) is 4.47. The monoisotopic (exact) mass is 614 g/mol. The zero-order valence-electron chi connectivity index (χ0n) is 23.8. The van der Waals surface area contributed by atoms with Gasteiger partial charge in [-0.05, 0) is 49.7 Å². The zero-order chi connectivity index (χ0) is 30.6. The number of ether oxygens (including phenoxy) is 3. The summed E-state index contributed by atoms with van der Waals surface area (Å²) in [6.07, 6.45) is -1.14. The van der Waals surface area contributed by atoms with Crippen molar-refractivity contribution in [2.45, 2.75) is 50.0 Å². The molecule has 1 amide bonds. The molecule has 43 heavy (non-hydrogen) atoms. The van der Waals surface area contributed by atoms with Crippen molar-refractivity contribution in [3.63, 3.8) is 0 Å². The van der Waals surface area contributed by atoms with E-state index in [0.717, 1.165) is 5.56 Å². The summed E-state index contributed by atoms with van der Waals surface area (Å²) in [7, 11) is -2.55. The molecule has 2 aliphatic rings. The van der Waals surface area contributed by atoms with Gasteiger partial charge in [0.25, 0.3) is 16.0 Å². The number of methoxy groups -OCH3 is 1. The van der Waals surface area contributed by atoms with Gasteiger partial charge in [0.15, 0.2) is 17.7 Å². The van der Waals surface area contributed by atoms with Gasteiger partial charge in [0.2, 0.25) is 0 Å². The first-order valence-corrected chi connectivity index (χ1v) is 14.9. The Morgan fingerprint density at radius 1 is 1.05 bits per heavy atom. The minimum atomic E-state index is -3.92. The van der Waals surface area contributed by atoms with Crippen LogP contribution in [0.5, 0.6) is 5.75 Å². The van der Waals surface area contributed by atoms with E-state index >= 15 is 0 Å². The molecule has 2 unspecified atom stereocenters. The highest BCUT2D eigenvalue weighted by Crippen LogP contribution is 2.24. The molecule has 1 fully saturated rings. The summed E-state index contributed by atoms with van der Waals surface area (Å²) in [5, 5.41) is 6.92. The van der Waals surface area contributed by atoms with E-state index in [1.54, 1.807) is 25.1 Å². The van der Waals surface area contributed by atoms with Crippen LogP contribution in [0.1, 0.15) is 39.6 Å². The van der Waals surface area contributed by atoms with Crippen LogP contribution in [0.4, 0.5) is 4.39 Å². The Morgan fingerprint density at radius 3 is 2.56 bits per heavy atom. The standard InChI is InChI=1S/C29H31FN4O8S/c1-17-4-7-21(8-5-17)43(36,37)41-15-20-14-40-28(16-39-20)27-12-24(34-42-27)23-11-25(33-18(2)32-23)29(35)31-13-19-6-9-22(30)26(10-19)38-3/h4-11,20,27-28H,12-16H2,1-3H3,(H,31,35)/t20-,27?,28?/m0/s1. The molecule has 2 aromatic carbocycles. The molecule has 1 aromatic heterocycles. The maximum absolute atomic E-state index is 13.7. The number of oxime groups is 1. The van der Waals surface area contributed by atoms with E-state index in [1.807, 2.05) is 6.92 Å². The molecule has 2 aliphatic heterocycles. The van der Waals surface area contributed by atoms with Gasteiger partial charge < -0.3 is 24.4 Å². The molecule has 3 heterocycles. The predicted octanol–water partition coefficient (Wildman–Crippen LogP) is 2.85. The van der Waals surface area contributed by atoms with Gasteiger partial charge in [0, 0.05) is 13.0 Å². The second kappa shape index (κ2) is 13.1. The van der Waals surface area contributed by atoms with Crippen LogP contribution in [-0.4, -0.2) is 75.2 Å². The molecule has 0 spiro atoms. The minimum absolute atomic E-state index is 0.0749. The number of rotatable bonds is 10. The lowest BCUT2D eigenvalue weighted by Crippen LogP contribution is -2.44. The highest BCUT2D eigenvalue weighted by Gasteiger charge is 2.36. The third-order valence-electron chi connectivity index (χ3n) is 6.85. The highest BCUT2D eigenvalue weighted by atomic mass is 32.2. The number of hydrogen-bond donors (Lipinski definition) is 1. The molecular weight excluding hydrogens is 583 g/mol. The van der Waals surface area contributed by atoms with Crippen molar-refractivity contribution < 1.29 is 40.8 Å². The number of carbonyl (C=O) groups is 1. The van der Waals surface area contributed by atoms with Crippen molar-refractivity contribution in [2.75, 3.05) is 26.9 Å². The Balaban J connectivity index is 1.12. The lowest BCUT2D eigenvalue weighted by atomic mass is 10.0. The molecule has 3 atom stereocenters. The van der Waals surface area contributed by atoms with Crippen LogP contribution in [0, 0.1) is 19.7 Å². The number of nitrogens with one attached hydrogen (secondary N) is 1. The zero-order valence-corrected chi connectivity index (χ0v) is 24.6. The topological polar surface area (TPSA) is 148 Å². The number of hydrogen-bond acceptors (Lipinski definition) is 11. The number of nitrogens with zero attached hydrogens (tertiary/aromatic N) is 3. The molecule has 1 saturated heterocycles. The molecule has 0 aliphatic carbocycles. The molecule has 0 bridgehead atoms. The SMILES string of the molecule is COc1cc(CNC(=O)c2cc(C3=NOC(C4CO[C@H](COS(=O)(=O)c5ccc(C)cc5)CO4)C3)nc(C)n2)ccc1F. The molecule has 5 rings (SSSR count). The first kappa shape index (κ1) is 30.5. The van der Waals surface area contributed by atoms with E-state index < -0.39 is 40.2 Å². The van der Waals surface area contributed by atoms with Gasteiger partial charge >= 0.3 is 0 Å². The average Bonchev–Trinajstić information content (AvgIpc) is 3.50. The van der Waals surface area contributed by atoms with Crippen molar-refractivity contribution in [3.8, 4) is 5.75 Å². The second-order valence-corrected chi connectivity index (χ2v) is 11.7. The lowest BCUT2D eigenvalue weighted by molar-refractivity contribution is -0.176. The van der Waals surface area contributed by atoms with Crippen molar-refractivity contribution in [2.24, 2.45) is 5.16 Å². The molecule has 0 radical (unpaired) electrons. The third kappa shape index (κ3) is 7.51. The van der Waals surface area contributed by atoms with E-state index in [2.05, 4.69) is 20.4 Å². The van der Waals surface area contributed by atoms with Gasteiger partial charge in [-0.1, -0.05) is 28.9 Å². The molecule has 228 valence electrons. The van der Waals surface area contributed by atoms with Crippen molar-refractivity contribution in [1.29, 1.82) is 0 Å². The van der Waals surface area contributed by atoms with Crippen molar-refractivity contribution in [3.05, 3.63) is 82.7 Å². The maximum Gasteiger partial charge on any atom is 0.297 e. The third-order valence-corrected chi connectivity index (χ3v) is 8.15. The molecule has 3 aromatic rings. The van der Waals surface area contributed by atoms with E-state index in [0.29, 0.717) is 29.2 Å². The molecule has 12 nitrogen and oxygen atoms in total. The number of amides is 1. The van der Waals surface area contributed by atoms with Crippen molar-refractivity contribution in [1.82, 2.24) is 15.3 Å². The highest BCUT2D eigenvalue weighted by molar-refractivity contribution is 7.86. The van der Waals surface area contributed by atoms with Crippen LogP contribution in [0.25, 0.3) is 0 Å². The fourth-order valence-corrected chi connectivity index (χ4v) is 5.41. The summed E-state index contributed by atoms with van der Waals surface area (Å²) in [5.74, 6) is -0.469. The summed E-state index contributed by atoms with van der Waals surface area (Å²) >= 11 is 0. The Kier molecular flexibility index (Phi) is 9.30.